The minimum Gasteiger partial charge on any atom is -0.350 e. The molecule has 0 aliphatic carbocycles. The van der Waals surface area contributed by atoms with E-state index in [1.807, 2.05) is 31.4 Å². The minimum atomic E-state index is -0.978. The first-order valence-electron chi connectivity index (χ1n) is 10.5. The Labute approximate surface area is 201 Å². The molecule has 0 fully saturated rings. The SMILES string of the molecule is CC(C)C1NC(=O)C2(C)CSC(=N2)c2csc(n2)CNC(=O)CC(C=CCCS)NC1=O. The molecule has 32 heavy (non-hydrogen) atoms. The Morgan fingerprint density at radius 2 is 2.09 bits per heavy atom. The van der Waals surface area contributed by atoms with E-state index in [1.165, 1.54) is 23.1 Å². The Morgan fingerprint density at radius 3 is 2.81 bits per heavy atom. The zero-order valence-corrected chi connectivity index (χ0v) is 20.9. The van der Waals surface area contributed by atoms with Crippen LogP contribution in [0.4, 0.5) is 0 Å². The van der Waals surface area contributed by atoms with Gasteiger partial charge in [-0.1, -0.05) is 26.0 Å². The molecule has 0 aromatic carbocycles. The number of carbonyl (C=O) groups excluding carboxylic acids is 3. The quantitative estimate of drug-likeness (QED) is 0.377. The van der Waals surface area contributed by atoms with Gasteiger partial charge in [-0.2, -0.15) is 12.6 Å². The molecule has 3 N–H and O–H groups in total. The largest absolute Gasteiger partial charge is 0.350 e. The maximum atomic E-state index is 13.1. The molecule has 0 spiro atoms. The molecule has 3 unspecified atom stereocenters. The number of aliphatic imine (C=N–C) groups is 1. The molecule has 174 valence electrons. The first-order valence-corrected chi connectivity index (χ1v) is 13.0. The second kappa shape index (κ2) is 10.8. The van der Waals surface area contributed by atoms with Gasteiger partial charge in [0.2, 0.25) is 17.7 Å². The number of thioether (sulfide) groups is 1. The van der Waals surface area contributed by atoms with Gasteiger partial charge in [0.15, 0.2) is 0 Å². The lowest BCUT2D eigenvalue weighted by Crippen LogP contribution is -2.56. The molecule has 4 bridgehead atoms. The Balaban J connectivity index is 1.92. The summed E-state index contributed by atoms with van der Waals surface area (Å²) in [5, 5.41) is 12.0. The van der Waals surface area contributed by atoms with E-state index >= 15 is 0 Å². The molecule has 0 saturated carbocycles. The number of nitrogens with zero attached hydrogens (tertiary/aromatic N) is 2. The summed E-state index contributed by atoms with van der Waals surface area (Å²) in [6, 6.07) is -1.24. The minimum absolute atomic E-state index is 0.0894. The molecular weight excluding hydrogens is 466 g/mol. The topological polar surface area (TPSA) is 113 Å². The summed E-state index contributed by atoms with van der Waals surface area (Å²) in [6.07, 6.45) is 4.52. The van der Waals surface area contributed by atoms with Crippen LogP contribution in [0.3, 0.4) is 0 Å². The number of thiol groups is 1. The van der Waals surface area contributed by atoms with Gasteiger partial charge in [-0.3, -0.25) is 19.4 Å². The van der Waals surface area contributed by atoms with Gasteiger partial charge >= 0.3 is 0 Å². The smallest absolute Gasteiger partial charge is 0.249 e. The lowest BCUT2D eigenvalue weighted by Gasteiger charge is -2.27. The van der Waals surface area contributed by atoms with Crippen LogP contribution in [-0.4, -0.2) is 56.9 Å². The molecule has 0 radical (unpaired) electrons. The van der Waals surface area contributed by atoms with Crippen LogP contribution >= 0.6 is 35.7 Å². The average Bonchev–Trinajstić information content (AvgIpc) is 3.37. The second-order valence-electron chi connectivity index (χ2n) is 8.34. The van der Waals surface area contributed by atoms with Gasteiger partial charge in [-0.05, 0) is 25.0 Å². The van der Waals surface area contributed by atoms with Crippen LogP contribution < -0.4 is 16.0 Å². The fourth-order valence-corrected chi connectivity index (χ4v) is 5.36. The number of fused-ring (bicyclic) bond motifs is 4. The van der Waals surface area contributed by atoms with Crippen molar-refractivity contribution in [1.29, 1.82) is 0 Å². The van der Waals surface area contributed by atoms with Crippen molar-refractivity contribution in [2.45, 2.75) is 57.8 Å². The van der Waals surface area contributed by atoms with Crippen LogP contribution in [0.15, 0.2) is 22.5 Å². The molecule has 11 heteroatoms. The molecule has 3 amide bonds. The zero-order chi connectivity index (χ0) is 23.3. The van der Waals surface area contributed by atoms with Gasteiger partial charge in [0.05, 0.1) is 19.0 Å². The van der Waals surface area contributed by atoms with Gasteiger partial charge in [-0.15, -0.1) is 23.1 Å². The number of carbonyl (C=O) groups is 3. The molecule has 3 atom stereocenters. The number of thiazole rings is 1. The third kappa shape index (κ3) is 6.14. The fourth-order valence-electron chi connectivity index (χ4n) is 3.29. The Kier molecular flexibility index (Phi) is 8.40. The van der Waals surface area contributed by atoms with Gasteiger partial charge < -0.3 is 16.0 Å². The van der Waals surface area contributed by atoms with E-state index in [4.69, 9.17) is 0 Å². The highest BCUT2D eigenvalue weighted by atomic mass is 32.2. The number of nitrogens with one attached hydrogen (secondary N) is 3. The summed E-state index contributed by atoms with van der Waals surface area (Å²) in [5.41, 5.74) is -0.271. The number of allylic oxidation sites excluding steroid dienone is 1. The molecule has 1 aromatic heterocycles. The zero-order valence-electron chi connectivity index (χ0n) is 18.4. The Hall–Kier alpha value is -1.85. The highest BCUT2D eigenvalue weighted by molar-refractivity contribution is 8.14. The second-order valence-corrected chi connectivity index (χ2v) is 10.7. The van der Waals surface area contributed by atoms with E-state index in [2.05, 4.69) is 38.6 Å². The Bertz CT molecular complexity index is 930. The predicted octanol–water partition coefficient (Wildman–Crippen LogP) is 1.92. The molecule has 3 heterocycles. The predicted molar refractivity (Wildman–Crippen MR) is 132 cm³/mol. The van der Waals surface area contributed by atoms with E-state index < -0.39 is 17.6 Å². The van der Waals surface area contributed by atoms with Crippen LogP contribution in [-0.2, 0) is 20.9 Å². The van der Waals surface area contributed by atoms with E-state index in [9.17, 15) is 14.4 Å². The highest BCUT2D eigenvalue weighted by Crippen LogP contribution is 2.32. The lowest BCUT2D eigenvalue weighted by atomic mass is 9.99. The van der Waals surface area contributed by atoms with Crippen LogP contribution in [0.25, 0.3) is 0 Å². The van der Waals surface area contributed by atoms with E-state index in [0.717, 1.165) is 11.4 Å². The molecule has 1 aromatic rings. The maximum Gasteiger partial charge on any atom is 0.249 e. The highest BCUT2D eigenvalue weighted by Gasteiger charge is 2.41. The fraction of sp³-hybridized carbons (Fsp3) is 0.571. The standard InChI is InChI=1S/C21H29N5O3S3/c1-12(2)17-18(28)23-13(6-4-5-7-30)8-15(27)22-9-16-24-14(10-31-16)19-26-21(3,11-32-19)20(29)25-17/h4,6,10,12-13,17,30H,5,7-9,11H2,1-3H3,(H,22,27)(H,23,28)(H,25,29). The van der Waals surface area contributed by atoms with E-state index in [1.54, 1.807) is 6.92 Å². The van der Waals surface area contributed by atoms with E-state index in [0.29, 0.717) is 28.8 Å². The van der Waals surface area contributed by atoms with Crippen LogP contribution in [0, 0.1) is 5.92 Å². The average molecular weight is 496 g/mol. The summed E-state index contributed by atoms with van der Waals surface area (Å²) in [5.74, 6) is 0.181. The summed E-state index contributed by atoms with van der Waals surface area (Å²) in [6.45, 7) is 5.82. The van der Waals surface area contributed by atoms with Crippen molar-refractivity contribution in [2.75, 3.05) is 11.5 Å². The normalized spacial score (nSPS) is 27.3. The van der Waals surface area contributed by atoms with Gasteiger partial charge in [0.25, 0.3) is 0 Å². The van der Waals surface area contributed by atoms with Crippen molar-refractivity contribution in [3.05, 3.63) is 28.2 Å². The molecule has 0 saturated heterocycles. The summed E-state index contributed by atoms with van der Waals surface area (Å²) in [4.78, 5) is 48.0. The first-order chi connectivity index (χ1) is 15.2. The lowest BCUT2D eigenvalue weighted by molar-refractivity contribution is -0.132. The van der Waals surface area contributed by atoms with Gasteiger partial charge in [0.1, 0.15) is 27.3 Å². The summed E-state index contributed by atoms with van der Waals surface area (Å²) < 4.78 is 0. The molecular formula is C21H29N5O3S3. The monoisotopic (exact) mass is 495 g/mol. The molecule has 8 nitrogen and oxygen atoms in total. The van der Waals surface area contributed by atoms with Crippen molar-refractivity contribution < 1.29 is 14.4 Å². The van der Waals surface area contributed by atoms with Crippen LogP contribution in [0.2, 0.25) is 0 Å². The maximum absolute atomic E-state index is 13.1. The molecule has 2 aliphatic rings. The first kappa shape index (κ1) is 24.8. The number of aromatic nitrogens is 1. The Morgan fingerprint density at radius 1 is 1.31 bits per heavy atom. The number of hydrogen-bond donors (Lipinski definition) is 4. The van der Waals surface area contributed by atoms with Crippen molar-refractivity contribution in [3.8, 4) is 0 Å². The van der Waals surface area contributed by atoms with Gasteiger partial charge in [-0.25, -0.2) is 4.98 Å². The van der Waals surface area contributed by atoms with Crippen molar-refractivity contribution >= 4 is 58.5 Å². The number of amides is 3. The van der Waals surface area contributed by atoms with Crippen molar-refractivity contribution in [2.24, 2.45) is 10.9 Å². The van der Waals surface area contributed by atoms with E-state index in [-0.39, 0.29) is 30.1 Å². The number of rotatable bonds is 4. The third-order valence-corrected chi connectivity index (χ3v) is 7.56. The third-order valence-electron chi connectivity index (χ3n) is 5.17. The number of hydrogen-bond acceptors (Lipinski definition) is 8. The molecule has 3 rings (SSSR count). The summed E-state index contributed by atoms with van der Waals surface area (Å²) in [7, 11) is 0. The van der Waals surface area contributed by atoms with Crippen molar-refractivity contribution in [1.82, 2.24) is 20.9 Å². The van der Waals surface area contributed by atoms with Crippen LogP contribution in [0.1, 0.15) is 44.3 Å². The summed E-state index contributed by atoms with van der Waals surface area (Å²) >= 11 is 7.11. The van der Waals surface area contributed by atoms with Crippen molar-refractivity contribution in [3.63, 3.8) is 0 Å². The van der Waals surface area contributed by atoms with Gasteiger partial charge in [0, 0.05) is 11.1 Å². The molecule has 2 aliphatic heterocycles. The van der Waals surface area contributed by atoms with Crippen LogP contribution in [0.5, 0.6) is 0 Å².